The SMILES string of the molecule is CCCNCC1(O)CCN(C(=O)CCC)CC1. The molecule has 1 aliphatic heterocycles. The topological polar surface area (TPSA) is 52.6 Å². The lowest BCUT2D eigenvalue weighted by Crippen LogP contribution is -2.51. The number of carbonyl (C=O) groups is 1. The van der Waals surface area contributed by atoms with Crippen molar-refractivity contribution in [3.05, 3.63) is 0 Å². The molecule has 0 radical (unpaired) electrons. The molecule has 0 aromatic rings. The molecule has 0 saturated carbocycles. The van der Waals surface area contributed by atoms with E-state index in [0.717, 1.165) is 19.4 Å². The van der Waals surface area contributed by atoms with Crippen molar-refractivity contribution in [1.82, 2.24) is 10.2 Å². The summed E-state index contributed by atoms with van der Waals surface area (Å²) in [6.45, 7) is 7.12. The van der Waals surface area contributed by atoms with Crippen LogP contribution in [0, 0.1) is 0 Å². The monoisotopic (exact) mass is 242 g/mol. The third-order valence-corrected chi connectivity index (χ3v) is 3.39. The van der Waals surface area contributed by atoms with E-state index < -0.39 is 5.60 Å². The van der Waals surface area contributed by atoms with Gasteiger partial charge in [-0.15, -0.1) is 0 Å². The summed E-state index contributed by atoms with van der Waals surface area (Å²) in [5.41, 5.74) is -0.613. The molecule has 4 heteroatoms. The van der Waals surface area contributed by atoms with Gasteiger partial charge in [-0.05, 0) is 32.2 Å². The Morgan fingerprint density at radius 3 is 2.47 bits per heavy atom. The molecule has 0 spiro atoms. The van der Waals surface area contributed by atoms with Crippen LogP contribution in [0.3, 0.4) is 0 Å². The second kappa shape index (κ2) is 6.97. The zero-order chi connectivity index (χ0) is 12.7. The van der Waals surface area contributed by atoms with Crippen LogP contribution in [0.25, 0.3) is 0 Å². The molecule has 1 saturated heterocycles. The molecular weight excluding hydrogens is 216 g/mol. The molecule has 17 heavy (non-hydrogen) atoms. The van der Waals surface area contributed by atoms with E-state index >= 15 is 0 Å². The number of likely N-dealkylation sites (tertiary alicyclic amines) is 1. The fourth-order valence-corrected chi connectivity index (χ4v) is 2.22. The van der Waals surface area contributed by atoms with E-state index in [9.17, 15) is 9.90 Å². The van der Waals surface area contributed by atoms with Gasteiger partial charge in [0.2, 0.25) is 5.91 Å². The summed E-state index contributed by atoms with van der Waals surface area (Å²) in [6, 6.07) is 0. The summed E-state index contributed by atoms with van der Waals surface area (Å²) >= 11 is 0. The van der Waals surface area contributed by atoms with E-state index in [1.165, 1.54) is 0 Å². The quantitative estimate of drug-likeness (QED) is 0.687. The molecule has 0 aromatic heterocycles. The van der Waals surface area contributed by atoms with Crippen LogP contribution in [-0.2, 0) is 4.79 Å². The Labute approximate surface area is 104 Å². The molecule has 100 valence electrons. The van der Waals surface area contributed by atoms with E-state index in [-0.39, 0.29) is 5.91 Å². The Bertz CT molecular complexity index is 236. The molecule has 1 aliphatic rings. The first-order valence-corrected chi connectivity index (χ1v) is 6.82. The maximum absolute atomic E-state index is 11.7. The Hall–Kier alpha value is -0.610. The van der Waals surface area contributed by atoms with E-state index in [1.807, 2.05) is 11.8 Å². The third kappa shape index (κ3) is 4.64. The lowest BCUT2D eigenvalue weighted by Gasteiger charge is -2.38. The van der Waals surface area contributed by atoms with E-state index in [1.54, 1.807) is 0 Å². The molecule has 0 aliphatic carbocycles. The Kier molecular flexibility index (Phi) is 5.92. The average molecular weight is 242 g/mol. The zero-order valence-corrected chi connectivity index (χ0v) is 11.2. The van der Waals surface area contributed by atoms with Gasteiger partial charge >= 0.3 is 0 Å². The standard InChI is InChI=1S/C13H26N2O2/c1-3-5-12(16)15-9-6-13(17,7-10-15)11-14-8-4-2/h14,17H,3-11H2,1-2H3. The smallest absolute Gasteiger partial charge is 0.222 e. The molecule has 1 fully saturated rings. The number of nitrogens with one attached hydrogen (secondary N) is 1. The number of aliphatic hydroxyl groups is 1. The van der Waals surface area contributed by atoms with E-state index in [2.05, 4.69) is 12.2 Å². The number of hydrogen-bond donors (Lipinski definition) is 2. The maximum Gasteiger partial charge on any atom is 0.222 e. The van der Waals surface area contributed by atoms with Crippen LogP contribution in [0.4, 0.5) is 0 Å². The Morgan fingerprint density at radius 2 is 1.94 bits per heavy atom. The van der Waals surface area contributed by atoms with Gasteiger partial charge in [0.1, 0.15) is 0 Å². The van der Waals surface area contributed by atoms with Gasteiger partial charge < -0.3 is 15.3 Å². The number of carbonyl (C=O) groups excluding carboxylic acids is 1. The lowest BCUT2D eigenvalue weighted by atomic mass is 9.91. The van der Waals surface area contributed by atoms with Crippen LogP contribution < -0.4 is 5.32 Å². The minimum Gasteiger partial charge on any atom is -0.388 e. The van der Waals surface area contributed by atoms with Gasteiger partial charge in [0.05, 0.1) is 5.60 Å². The maximum atomic E-state index is 11.7. The number of rotatable bonds is 6. The van der Waals surface area contributed by atoms with Crippen LogP contribution in [0.2, 0.25) is 0 Å². The van der Waals surface area contributed by atoms with Gasteiger partial charge in [-0.25, -0.2) is 0 Å². The highest BCUT2D eigenvalue weighted by Gasteiger charge is 2.33. The first kappa shape index (κ1) is 14.5. The predicted molar refractivity (Wildman–Crippen MR) is 68.8 cm³/mol. The summed E-state index contributed by atoms with van der Waals surface area (Å²) in [4.78, 5) is 13.6. The summed E-state index contributed by atoms with van der Waals surface area (Å²) < 4.78 is 0. The van der Waals surface area contributed by atoms with Gasteiger partial charge in [0.15, 0.2) is 0 Å². The lowest BCUT2D eigenvalue weighted by molar-refractivity contribution is -0.135. The van der Waals surface area contributed by atoms with Crippen molar-refractivity contribution in [2.24, 2.45) is 0 Å². The fraction of sp³-hybridized carbons (Fsp3) is 0.923. The van der Waals surface area contributed by atoms with Crippen LogP contribution in [-0.4, -0.2) is 47.7 Å². The molecular formula is C13H26N2O2. The second-order valence-corrected chi connectivity index (χ2v) is 5.03. The van der Waals surface area contributed by atoms with Crippen LogP contribution in [0.15, 0.2) is 0 Å². The van der Waals surface area contributed by atoms with Crippen molar-refractivity contribution in [3.8, 4) is 0 Å². The molecule has 1 amide bonds. The first-order chi connectivity index (χ1) is 8.11. The van der Waals surface area contributed by atoms with E-state index in [4.69, 9.17) is 0 Å². The molecule has 0 atom stereocenters. The van der Waals surface area contributed by atoms with E-state index in [0.29, 0.717) is 38.9 Å². The van der Waals surface area contributed by atoms with Gasteiger partial charge in [-0.1, -0.05) is 13.8 Å². The van der Waals surface area contributed by atoms with Gasteiger partial charge in [-0.3, -0.25) is 4.79 Å². The van der Waals surface area contributed by atoms with Gasteiger partial charge in [0.25, 0.3) is 0 Å². The van der Waals surface area contributed by atoms with Crippen LogP contribution >= 0.6 is 0 Å². The third-order valence-electron chi connectivity index (χ3n) is 3.39. The summed E-state index contributed by atoms with van der Waals surface area (Å²) in [7, 11) is 0. The normalized spacial score (nSPS) is 19.4. The number of nitrogens with zero attached hydrogens (tertiary/aromatic N) is 1. The molecule has 0 unspecified atom stereocenters. The fourth-order valence-electron chi connectivity index (χ4n) is 2.22. The number of hydrogen-bond acceptors (Lipinski definition) is 3. The van der Waals surface area contributed by atoms with Crippen molar-refractivity contribution in [1.29, 1.82) is 0 Å². The molecule has 2 N–H and O–H groups in total. The highest BCUT2D eigenvalue weighted by molar-refractivity contribution is 5.76. The second-order valence-electron chi connectivity index (χ2n) is 5.03. The first-order valence-electron chi connectivity index (χ1n) is 6.82. The molecule has 0 bridgehead atoms. The van der Waals surface area contributed by atoms with Gasteiger partial charge in [-0.2, -0.15) is 0 Å². The van der Waals surface area contributed by atoms with Crippen molar-refractivity contribution in [2.45, 2.75) is 51.6 Å². The average Bonchev–Trinajstić information content (AvgIpc) is 2.30. The van der Waals surface area contributed by atoms with Crippen molar-refractivity contribution in [2.75, 3.05) is 26.2 Å². The highest BCUT2D eigenvalue weighted by Crippen LogP contribution is 2.22. The van der Waals surface area contributed by atoms with Crippen LogP contribution in [0.5, 0.6) is 0 Å². The minimum absolute atomic E-state index is 0.232. The van der Waals surface area contributed by atoms with Crippen molar-refractivity contribution in [3.63, 3.8) is 0 Å². The van der Waals surface area contributed by atoms with Crippen molar-refractivity contribution < 1.29 is 9.90 Å². The summed E-state index contributed by atoms with van der Waals surface area (Å²) in [5, 5.41) is 13.6. The number of amides is 1. The zero-order valence-electron chi connectivity index (χ0n) is 11.2. The Morgan fingerprint density at radius 1 is 1.29 bits per heavy atom. The Balaban J connectivity index is 2.31. The predicted octanol–water partition coefficient (Wildman–Crippen LogP) is 1.14. The number of piperidine rings is 1. The molecule has 1 rings (SSSR count). The summed E-state index contributed by atoms with van der Waals surface area (Å²) in [6.07, 6.45) is 4.00. The van der Waals surface area contributed by atoms with Gasteiger partial charge in [0, 0.05) is 26.1 Å². The largest absolute Gasteiger partial charge is 0.388 e. The van der Waals surface area contributed by atoms with Crippen LogP contribution in [0.1, 0.15) is 46.0 Å². The van der Waals surface area contributed by atoms with Crippen molar-refractivity contribution >= 4 is 5.91 Å². The summed E-state index contributed by atoms with van der Waals surface area (Å²) in [5.74, 6) is 0.232. The molecule has 4 nitrogen and oxygen atoms in total. The molecule has 1 heterocycles. The molecule has 0 aromatic carbocycles. The highest BCUT2D eigenvalue weighted by atomic mass is 16.3. The minimum atomic E-state index is -0.613.